The third kappa shape index (κ3) is 3.92. The Morgan fingerprint density at radius 1 is 1.04 bits per heavy atom. The van der Waals surface area contributed by atoms with Gasteiger partial charge in [0.1, 0.15) is 5.82 Å². The molecular weight excluding hydrogens is 370 g/mol. The second-order valence-electron chi connectivity index (χ2n) is 6.78. The van der Waals surface area contributed by atoms with Gasteiger partial charge in [-0.1, -0.05) is 53.6 Å². The first-order valence-electron chi connectivity index (χ1n) is 9.13. The van der Waals surface area contributed by atoms with Gasteiger partial charge < -0.3 is 9.88 Å². The maximum Gasteiger partial charge on any atom is 0.251 e. The molecule has 1 heterocycles. The molecule has 0 aliphatic heterocycles. The number of nitrogens with one attached hydrogen (secondary N) is 1. The van der Waals surface area contributed by atoms with E-state index in [1.54, 1.807) is 24.3 Å². The number of carbonyl (C=O) groups excluding carboxylic acids is 1. The van der Waals surface area contributed by atoms with Gasteiger partial charge in [0, 0.05) is 17.1 Å². The molecule has 0 bridgehead atoms. The minimum Gasteiger partial charge on any atom is -0.345 e. The quantitative estimate of drug-likeness (QED) is 0.523. The van der Waals surface area contributed by atoms with Gasteiger partial charge in [-0.2, -0.15) is 0 Å². The smallest absolute Gasteiger partial charge is 0.251 e. The Labute approximate surface area is 168 Å². The number of fused-ring (bicyclic) bond motifs is 1. The minimum atomic E-state index is -0.147. The highest BCUT2D eigenvalue weighted by molar-refractivity contribution is 6.30. The minimum absolute atomic E-state index is 0.147. The summed E-state index contributed by atoms with van der Waals surface area (Å²) in [6.45, 7) is 3.14. The monoisotopic (exact) mass is 389 g/mol. The van der Waals surface area contributed by atoms with Gasteiger partial charge in [0.05, 0.1) is 17.6 Å². The van der Waals surface area contributed by atoms with E-state index in [1.807, 2.05) is 18.2 Å². The molecule has 0 fully saturated rings. The highest BCUT2D eigenvalue weighted by atomic mass is 35.5. The molecule has 4 aromatic rings. The van der Waals surface area contributed by atoms with E-state index in [0.29, 0.717) is 23.7 Å². The number of hydrogen-bond acceptors (Lipinski definition) is 2. The van der Waals surface area contributed by atoms with Crippen molar-refractivity contribution < 1.29 is 4.79 Å². The van der Waals surface area contributed by atoms with Gasteiger partial charge in [0.15, 0.2) is 0 Å². The van der Waals surface area contributed by atoms with Crippen LogP contribution in [0, 0.1) is 6.92 Å². The molecule has 28 heavy (non-hydrogen) atoms. The molecule has 4 rings (SSSR count). The van der Waals surface area contributed by atoms with E-state index in [0.717, 1.165) is 16.9 Å². The summed E-state index contributed by atoms with van der Waals surface area (Å²) in [5, 5.41) is 3.58. The lowest BCUT2D eigenvalue weighted by Gasteiger charge is -2.11. The molecule has 3 aromatic carbocycles. The Hall–Kier alpha value is -3.11. The second-order valence-corrected chi connectivity index (χ2v) is 7.22. The standard InChI is InChI=1S/C23H20ClN3O/c1-16-5-4-6-17(13-16)15-27-21-8-3-2-7-20(21)26-22(27)14-25-23(28)18-9-11-19(24)12-10-18/h2-13H,14-15H2,1H3,(H,25,28). The number of halogens is 1. The summed E-state index contributed by atoms with van der Waals surface area (Å²) in [5.41, 5.74) is 4.98. The van der Waals surface area contributed by atoms with Crippen molar-refractivity contribution in [3.8, 4) is 0 Å². The molecule has 0 radical (unpaired) electrons. The number of benzene rings is 3. The number of rotatable bonds is 5. The summed E-state index contributed by atoms with van der Waals surface area (Å²) in [7, 11) is 0. The van der Waals surface area contributed by atoms with Crippen LogP contribution in [0.5, 0.6) is 0 Å². The first-order chi connectivity index (χ1) is 13.6. The van der Waals surface area contributed by atoms with Crippen LogP contribution in [-0.4, -0.2) is 15.5 Å². The normalized spacial score (nSPS) is 10.9. The van der Waals surface area contributed by atoms with Crippen molar-refractivity contribution in [1.29, 1.82) is 0 Å². The third-order valence-electron chi connectivity index (χ3n) is 4.67. The predicted octanol–water partition coefficient (Wildman–Crippen LogP) is 4.98. The molecule has 0 spiro atoms. The van der Waals surface area contributed by atoms with Crippen LogP contribution in [0.1, 0.15) is 27.3 Å². The summed E-state index contributed by atoms with van der Waals surface area (Å²) in [6.07, 6.45) is 0. The van der Waals surface area contributed by atoms with Gasteiger partial charge in [0.2, 0.25) is 0 Å². The van der Waals surface area contributed by atoms with Gasteiger partial charge in [0.25, 0.3) is 5.91 Å². The molecule has 0 unspecified atom stereocenters. The van der Waals surface area contributed by atoms with Crippen LogP contribution < -0.4 is 5.32 Å². The summed E-state index contributed by atoms with van der Waals surface area (Å²) < 4.78 is 2.16. The zero-order valence-electron chi connectivity index (χ0n) is 15.5. The first-order valence-corrected chi connectivity index (χ1v) is 9.51. The lowest BCUT2D eigenvalue weighted by molar-refractivity contribution is 0.0949. The Morgan fingerprint density at radius 3 is 2.61 bits per heavy atom. The molecular formula is C23H20ClN3O. The summed E-state index contributed by atoms with van der Waals surface area (Å²) in [4.78, 5) is 17.2. The van der Waals surface area contributed by atoms with E-state index >= 15 is 0 Å². The number of aryl methyl sites for hydroxylation is 1. The zero-order valence-corrected chi connectivity index (χ0v) is 16.3. The van der Waals surface area contributed by atoms with E-state index < -0.39 is 0 Å². The van der Waals surface area contributed by atoms with E-state index in [-0.39, 0.29) is 5.91 Å². The summed E-state index contributed by atoms with van der Waals surface area (Å²) in [6, 6.07) is 23.3. The van der Waals surface area contributed by atoms with Gasteiger partial charge >= 0.3 is 0 Å². The van der Waals surface area contributed by atoms with Crippen LogP contribution in [0.2, 0.25) is 5.02 Å². The molecule has 0 saturated heterocycles. The molecule has 1 N–H and O–H groups in total. The Balaban J connectivity index is 1.61. The van der Waals surface area contributed by atoms with Gasteiger partial charge in [-0.05, 0) is 48.9 Å². The fraction of sp³-hybridized carbons (Fsp3) is 0.130. The molecule has 4 nitrogen and oxygen atoms in total. The number of carbonyl (C=O) groups is 1. The molecule has 0 aliphatic carbocycles. The Bertz CT molecular complexity index is 1130. The average molecular weight is 390 g/mol. The van der Waals surface area contributed by atoms with Crippen molar-refractivity contribution in [2.45, 2.75) is 20.0 Å². The molecule has 1 amide bonds. The molecule has 0 atom stereocenters. The SMILES string of the molecule is Cc1cccc(Cn2c(CNC(=O)c3ccc(Cl)cc3)nc3ccccc32)c1. The summed E-state index contributed by atoms with van der Waals surface area (Å²) >= 11 is 5.90. The Morgan fingerprint density at radius 2 is 1.82 bits per heavy atom. The van der Waals surface area contributed by atoms with Crippen LogP contribution in [-0.2, 0) is 13.1 Å². The number of imidazole rings is 1. The molecule has 0 saturated carbocycles. The van der Waals surface area contributed by atoms with E-state index in [9.17, 15) is 4.79 Å². The van der Waals surface area contributed by atoms with Gasteiger partial charge in [-0.25, -0.2) is 4.98 Å². The van der Waals surface area contributed by atoms with Crippen LogP contribution in [0.15, 0.2) is 72.8 Å². The van der Waals surface area contributed by atoms with Crippen molar-refractivity contribution in [3.63, 3.8) is 0 Å². The van der Waals surface area contributed by atoms with Crippen LogP contribution in [0.4, 0.5) is 0 Å². The van der Waals surface area contributed by atoms with Crippen molar-refractivity contribution in [2.24, 2.45) is 0 Å². The number of hydrogen-bond donors (Lipinski definition) is 1. The van der Waals surface area contributed by atoms with Crippen molar-refractivity contribution in [3.05, 3.63) is 100 Å². The molecule has 0 aliphatic rings. The number of amides is 1. The van der Waals surface area contributed by atoms with Gasteiger partial charge in [-0.15, -0.1) is 0 Å². The van der Waals surface area contributed by atoms with Crippen LogP contribution >= 0.6 is 11.6 Å². The predicted molar refractivity (Wildman–Crippen MR) is 113 cm³/mol. The third-order valence-corrected chi connectivity index (χ3v) is 4.92. The lowest BCUT2D eigenvalue weighted by atomic mass is 10.1. The molecule has 1 aromatic heterocycles. The summed E-state index contributed by atoms with van der Waals surface area (Å²) in [5.74, 6) is 0.677. The maximum atomic E-state index is 12.5. The molecule has 5 heteroatoms. The Kier molecular flexibility index (Phi) is 5.13. The van der Waals surface area contributed by atoms with E-state index in [2.05, 4.69) is 47.1 Å². The van der Waals surface area contributed by atoms with Crippen molar-refractivity contribution in [2.75, 3.05) is 0 Å². The fourth-order valence-electron chi connectivity index (χ4n) is 3.29. The van der Waals surface area contributed by atoms with Crippen LogP contribution in [0.3, 0.4) is 0 Å². The number of para-hydroxylation sites is 2. The van der Waals surface area contributed by atoms with E-state index in [4.69, 9.17) is 16.6 Å². The topological polar surface area (TPSA) is 46.9 Å². The zero-order chi connectivity index (χ0) is 19.5. The highest BCUT2D eigenvalue weighted by Gasteiger charge is 2.13. The number of nitrogens with zero attached hydrogens (tertiary/aromatic N) is 2. The first kappa shape index (κ1) is 18.3. The second kappa shape index (κ2) is 7.87. The average Bonchev–Trinajstić information content (AvgIpc) is 3.04. The highest BCUT2D eigenvalue weighted by Crippen LogP contribution is 2.19. The number of aromatic nitrogens is 2. The van der Waals surface area contributed by atoms with Crippen LogP contribution in [0.25, 0.3) is 11.0 Å². The molecule has 140 valence electrons. The van der Waals surface area contributed by atoms with Crippen molar-refractivity contribution >= 4 is 28.5 Å². The largest absolute Gasteiger partial charge is 0.345 e. The fourth-order valence-corrected chi connectivity index (χ4v) is 3.42. The van der Waals surface area contributed by atoms with Gasteiger partial charge in [-0.3, -0.25) is 4.79 Å². The maximum absolute atomic E-state index is 12.5. The lowest BCUT2D eigenvalue weighted by Crippen LogP contribution is -2.24. The van der Waals surface area contributed by atoms with Crippen molar-refractivity contribution in [1.82, 2.24) is 14.9 Å². The van der Waals surface area contributed by atoms with E-state index in [1.165, 1.54) is 11.1 Å².